The number of nitro groups is 1. The number of aromatic amines is 1. The van der Waals surface area contributed by atoms with Gasteiger partial charge in [0.2, 0.25) is 0 Å². The van der Waals surface area contributed by atoms with E-state index in [-0.39, 0.29) is 5.56 Å². The molecule has 0 amide bonds. The Morgan fingerprint density at radius 3 is 2.57 bits per heavy atom. The third-order valence-electron chi connectivity index (χ3n) is 1.71. The zero-order chi connectivity index (χ0) is 10.9. The Bertz CT molecular complexity index is 427. The molecule has 7 heteroatoms. The lowest BCUT2D eigenvalue weighted by molar-refractivity contribution is -0.385. The molecule has 1 heterocycles. The monoisotopic (exact) mass is 204 g/mol. The molecular formula is C7H6F2N2O3. The Hall–Kier alpha value is -1.79. The van der Waals surface area contributed by atoms with E-state index in [9.17, 15) is 23.7 Å². The highest BCUT2D eigenvalue weighted by Crippen LogP contribution is 2.21. The number of nitrogens with zero attached hydrogens (tertiary/aromatic N) is 1. The molecule has 0 aliphatic heterocycles. The summed E-state index contributed by atoms with van der Waals surface area (Å²) < 4.78 is 24.3. The fraction of sp³-hybridized carbons (Fsp3) is 0.286. The number of pyridine rings is 1. The molecule has 0 radical (unpaired) electrons. The molecule has 0 saturated carbocycles. The minimum absolute atomic E-state index is 0.181. The summed E-state index contributed by atoms with van der Waals surface area (Å²) in [5, 5.41) is 10.4. The molecule has 5 nitrogen and oxygen atoms in total. The van der Waals surface area contributed by atoms with Crippen molar-refractivity contribution in [3.8, 4) is 0 Å². The minimum atomic E-state index is -2.93. The van der Waals surface area contributed by atoms with Crippen molar-refractivity contribution < 1.29 is 13.7 Å². The van der Waals surface area contributed by atoms with Crippen LogP contribution in [0.3, 0.4) is 0 Å². The van der Waals surface area contributed by atoms with Gasteiger partial charge in [0.15, 0.2) is 0 Å². The first-order valence-electron chi connectivity index (χ1n) is 3.60. The number of alkyl halides is 2. The van der Waals surface area contributed by atoms with Crippen LogP contribution in [0.25, 0.3) is 0 Å². The summed E-state index contributed by atoms with van der Waals surface area (Å²) >= 11 is 0. The number of hydrogen-bond acceptors (Lipinski definition) is 3. The number of nitrogens with one attached hydrogen (secondary N) is 1. The lowest BCUT2D eigenvalue weighted by Crippen LogP contribution is -2.14. The molecule has 0 spiro atoms. The molecule has 1 rings (SSSR count). The Kier molecular flexibility index (Phi) is 2.59. The van der Waals surface area contributed by atoms with Gasteiger partial charge >= 0.3 is 0 Å². The van der Waals surface area contributed by atoms with Crippen LogP contribution in [0.15, 0.2) is 10.9 Å². The van der Waals surface area contributed by atoms with Crippen molar-refractivity contribution in [1.29, 1.82) is 0 Å². The van der Waals surface area contributed by atoms with Crippen molar-refractivity contribution in [1.82, 2.24) is 4.98 Å². The molecule has 0 unspecified atom stereocenters. The van der Waals surface area contributed by atoms with E-state index in [2.05, 4.69) is 0 Å². The van der Waals surface area contributed by atoms with Crippen LogP contribution in [0.1, 0.15) is 17.7 Å². The third kappa shape index (κ3) is 1.76. The number of hydrogen-bond donors (Lipinski definition) is 1. The zero-order valence-electron chi connectivity index (χ0n) is 7.08. The van der Waals surface area contributed by atoms with Crippen LogP contribution in [-0.4, -0.2) is 9.91 Å². The van der Waals surface area contributed by atoms with Crippen LogP contribution in [0.4, 0.5) is 14.5 Å². The van der Waals surface area contributed by atoms with Gasteiger partial charge < -0.3 is 4.98 Å². The first-order valence-corrected chi connectivity index (χ1v) is 3.60. The average molecular weight is 204 g/mol. The van der Waals surface area contributed by atoms with E-state index in [1.165, 1.54) is 6.92 Å². The number of halogens is 2. The molecule has 76 valence electrons. The van der Waals surface area contributed by atoms with Gasteiger partial charge in [-0.2, -0.15) is 0 Å². The second-order valence-electron chi connectivity index (χ2n) is 2.62. The quantitative estimate of drug-likeness (QED) is 0.586. The summed E-state index contributed by atoms with van der Waals surface area (Å²) in [6, 6.07) is 0.668. The summed E-state index contributed by atoms with van der Waals surface area (Å²) in [6.45, 7) is 1.20. The highest BCUT2D eigenvalue weighted by molar-refractivity contribution is 5.38. The van der Waals surface area contributed by atoms with E-state index in [1.54, 1.807) is 0 Å². The Morgan fingerprint density at radius 2 is 2.14 bits per heavy atom. The van der Waals surface area contributed by atoms with Crippen molar-refractivity contribution in [3.63, 3.8) is 0 Å². The molecule has 14 heavy (non-hydrogen) atoms. The minimum Gasteiger partial charge on any atom is -0.320 e. The topological polar surface area (TPSA) is 76.0 Å². The predicted molar refractivity (Wildman–Crippen MR) is 43.4 cm³/mol. The maximum Gasteiger partial charge on any atom is 0.279 e. The van der Waals surface area contributed by atoms with Gasteiger partial charge in [0.25, 0.3) is 17.7 Å². The Morgan fingerprint density at radius 1 is 1.57 bits per heavy atom. The van der Waals surface area contributed by atoms with Gasteiger partial charge in [-0.1, -0.05) is 0 Å². The molecule has 0 aliphatic carbocycles. The first kappa shape index (κ1) is 10.3. The van der Waals surface area contributed by atoms with Gasteiger partial charge in [-0.05, 0) is 6.92 Å². The summed E-state index contributed by atoms with van der Waals surface area (Å²) in [6.07, 6.45) is -2.93. The third-order valence-corrected chi connectivity index (χ3v) is 1.71. The summed E-state index contributed by atoms with van der Waals surface area (Å²) in [4.78, 5) is 22.3. The molecule has 1 N–H and O–H groups in total. The van der Waals surface area contributed by atoms with Crippen molar-refractivity contribution in [2.75, 3.05) is 0 Å². The molecule has 0 atom stereocenters. The largest absolute Gasteiger partial charge is 0.320 e. The maximum atomic E-state index is 12.1. The van der Waals surface area contributed by atoms with Gasteiger partial charge in [-0.15, -0.1) is 0 Å². The predicted octanol–water partition coefficient (Wildman–Crippen LogP) is 1.53. The summed E-state index contributed by atoms with van der Waals surface area (Å²) in [5.74, 6) is 0. The fourth-order valence-corrected chi connectivity index (χ4v) is 0.940. The molecule has 0 aliphatic rings. The van der Waals surface area contributed by atoms with E-state index in [4.69, 9.17) is 0 Å². The Labute approximate surface area is 76.5 Å². The molecule has 1 aromatic heterocycles. The second kappa shape index (κ2) is 3.52. The lowest BCUT2D eigenvalue weighted by atomic mass is 10.2. The van der Waals surface area contributed by atoms with Crippen molar-refractivity contribution in [2.24, 2.45) is 0 Å². The van der Waals surface area contributed by atoms with Crippen LogP contribution < -0.4 is 5.56 Å². The van der Waals surface area contributed by atoms with Crippen molar-refractivity contribution in [3.05, 3.63) is 37.8 Å². The standard InChI is InChI=1S/C7H6F2N2O3/c1-3-5(11(13)14)2-4(6(8)9)10-7(3)12/h2,6H,1H3,(H,10,12). The van der Waals surface area contributed by atoms with Crippen LogP contribution >= 0.6 is 0 Å². The van der Waals surface area contributed by atoms with Crippen LogP contribution in [0, 0.1) is 17.0 Å². The van der Waals surface area contributed by atoms with E-state index in [0.29, 0.717) is 6.07 Å². The number of rotatable bonds is 2. The van der Waals surface area contributed by atoms with E-state index in [0.717, 1.165) is 0 Å². The Balaban J connectivity index is 3.43. The van der Waals surface area contributed by atoms with E-state index in [1.807, 2.05) is 4.98 Å². The average Bonchev–Trinajstić information content (AvgIpc) is 2.08. The van der Waals surface area contributed by atoms with Gasteiger partial charge in [-0.3, -0.25) is 14.9 Å². The molecule has 1 aromatic rings. The van der Waals surface area contributed by atoms with Gasteiger partial charge in [0, 0.05) is 6.07 Å². The molecule has 0 fully saturated rings. The molecule has 0 saturated heterocycles. The van der Waals surface area contributed by atoms with Crippen LogP contribution in [0.2, 0.25) is 0 Å². The van der Waals surface area contributed by atoms with Crippen molar-refractivity contribution >= 4 is 5.69 Å². The summed E-state index contributed by atoms with van der Waals surface area (Å²) in [5.41, 5.74) is -2.38. The molecular weight excluding hydrogens is 198 g/mol. The lowest BCUT2D eigenvalue weighted by Gasteiger charge is -2.00. The van der Waals surface area contributed by atoms with Gasteiger partial charge in [0.1, 0.15) is 0 Å². The normalized spacial score (nSPS) is 10.6. The van der Waals surface area contributed by atoms with Gasteiger partial charge in [0.05, 0.1) is 16.2 Å². The highest BCUT2D eigenvalue weighted by Gasteiger charge is 2.19. The van der Waals surface area contributed by atoms with Crippen molar-refractivity contribution in [2.45, 2.75) is 13.3 Å². The van der Waals surface area contributed by atoms with E-state index >= 15 is 0 Å². The van der Waals surface area contributed by atoms with Crippen LogP contribution in [-0.2, 0) is 0 Å². The number of H-pyrrole nitrogens is 1. The SMILES string of the molecule is Cc1c([N+](=O)[O-])cc(C(F)F)[nH]c1=O. The van der Waals surface area contributed by atoms with Crippen LogP contribution in [0.5, 0.6) is 0 Å². The smallest absolute Gasteiger partial charge is 0.279 e. The summed E-state index contributed by atoms with van der Waals surface area (Å²) in [7, 11) is 0. The maximum absolute atomic E-state index is 12.1. The molecule has 0 aromatic carbocycles. The highest BCUT2D eigenvalue weighted by atomic mass is 19.3. The zero-order valence-corrected chi connectivity index (χ0v) is 7.08. The fourth-order valence-electron chi connectivity index (χ4n) is 0.940. The second-order valence-corrected chi connectivity index (χ2v) is 2.62. The first-order chi connectivity index (χ1) is 6.43. The van der Waals surface area contributed by atoms with Gasteiger partial charge in [-0.25, -0.2) is 8.78 Å². The van der Waals surface area contributed by atoms with E-state index < -0.39 is 28.3 Å². The number of aromatic nitrogens is 1. The molecule has 0 bridgehead atoms.